The average Bonchev–Trinajstić information content (AvgIpc) is 2.11. The third kappa shape index (κ3) is 1.76. The molecule has 1 aromatic heterocycles. The summed E-state index contributed by atoms with van der Waals surface area (Å²) >= 11 is 0. The highest BCUT2D eigenvalue weighted by Crippen LogP contribution is 2.30. The zero-order valence-corrected chi connectivity index (χ0v) is 6.84. The molecule has 0 aliphatic rings. The van der Waals surface area contributed by atoms with E-state index < -0.39 is 35.7 Å². The fraction of sp³-hybridized carbons (Fsp3) is 0.250. The van der Waals surface area contributed by atoms with E-state index in [1.165, 1.54) is 0 Å². The molecule has 0 aliphatic heterocycles. The molecule has 0 unspecified atom stereocenters. The molecule has 0 aliphatic carbocycles. The average molecular weight is 202 g/mol. The molecule has 0 spiro atoms. The van der Waals surface area contributed by atoms with E-state index >= 15 is 0 Å². The van der Waals surface area contributed by atoms with Gasteiger partial charge in [-0.3, -0.25) is 0 Å². The summed E-state index contributed by atoms with van der Waals surface area (Å²) in [6, 6.07) is 1.56. The van der Waals surface area contributed by atoms with Crippen LogP contribution in [0.2, 0.25) is 0 Å². The Kier molecular flexibility index (Phi) is 2.92. The third-order valence-electron chi connectivity index (χ3n) is 1.60. The molecule has 74 valence electrons. The summed E-state index contributed by atoms with van der Waals surface area (Å²) in [5.74, 6) is -1.91. The Labute approximate surface area is 77.4 Å². The molecule has 0 atom stereocenters. The minimum absolute atomic E-state index is 0.446. The Hall–Kier alpha value is -1.77. The van der Waals surface area contributed by atoms with Gasteiger partial charge in [0.1, 0.15) is 17.3 Å². The van der Waals surface area contributed by atoms with Gasteiger partial charge in [0.05, 0.1) is 18.7 Å². The van der Waals surface area contributed by atoms with Crippen molar-refractivity contribution in [2.24, 2.45) is 0 Å². The number of rotatable bonds is 2. The quantitative estimate of drug-likeness (QED) is 0.797. The molecule has 0 saturated carbocycles. The molecule has 3 nitrogen and oxygen atoms in total. The molecule has 0 radical (unpaired) electrons. The molecular weight excluding hydrogens is 197 g/mol. The Morgan fingerprint density at radius 1 is 1.57 bits per heavy atom. The first kappa shape index (κ1) is 10.3. The molecule has 0 saturated heterocycles. The maximum Gasteiger partial charge on any atom is 0.284 e. The van der Waals surface area contributed by atoms with Gasteiger partial charge >= 0.3 is 0 Å². The van der Waals surface area contributed by atoms with Gasteiger partial charge in [-0.05, 0) is 0 Å². The highest BCUT2D eigenvalue weighted by atomic mass is 19.3. The second-order valence-corrected chi connectivity index (χ2v) is 2.45. The van der Waals surface area contributed by atoms with Crippen LogP contribution >= 0.6 is 0 Å². The minimum atomic E-state index is -2.99. The van der Waals surface area contributed by atoms with Gasteiger partial charge in [0, 0.05) is 5.56 Å². The Morgan fingerprint density at radius 3 is 2.71 bits per heavy atom. The summed E-state index contributed by atoms with van der Waals surface area (Å²) in [7, 11) is 0. The van der Waals surface area contributed by atoms with E-state index in [1.807, 2.05) is 0 Å². The zero-order chi connectivity index (χ0) is 10.7. The Balaban J connectivity index is 3.27. The van der Waals surface area contributed by atoms with Crippen molar-refractivity contribution in [3.05, 3.63) is 23.3 Å². The minimum Gasteiger partial charge on any atom is -0.505 e. The monoisotopic (exact) mass is 202 g/mol. The van der Waals surface area contributed by atoms with Crippen LogP contribution in [0.3, 0.4) is 0 Å². The highest BCUT2D eigenvalue weighted by Gasteiger charge is 2.20. The first-order valence-electron chi connectivity index (χ1n) is 3.59. The molecule has 1 N–H and O–H groups in total. The predicted molar refractivity (Wildman–Crippen MR) is 40.1 cm³/mol. The lowest BCUT2D eigenvalue weighted by Crippen LogP contribution is -1.98. The van der Waals surface area contributed by atoms with Gasteiger partial charge in [-0.2, -0.15) is 5.26 Å². The summed E-state index contributed by atoms with van der Waals surface area (Å²) in [5.41, 5.74) is -1.35. The van der Waals surface area contributed by atoms with Gasteiger partial charge in [0.2, 0.25) is 0 Å². The molecule has 14 heavy (non-hydrogen) atoms. The normalized spacial score (nSPS) is 10.2. The van der Waals surface area contributed by atoms with Gasteiger partial charge < -0.3 is 5.11 Å². The maximum absolute atomic E-state index is 12.9. The van der Waals surface area contributed by atoms with Gasteiger partial charge in [0.15, 0.2) is 0 Å². The number of hydrogen-bond acceptors (Lipinski definition) is 3. The fourth-order valence-electron chi connectivity index (χ4n) is 0.940. The van der Waals surface area contributed by atoms with E-state index in [-0.39, 0.29) is 0 Å². The summed E-state index contributed by atoms with van der Waals surface area (Å²) < 4.78 is 37.2. The highest BCUT2D eigenvalue weighted by molar-refractivity contribution is 5.38. The van der Waals surface area contributed by atoms with Gasteiger partial charge in [-0.25, -0.2) is 18.2 Å². The number of nitrogens with zero attached hydrogens (tertiary/aromatic N) is 2. The summed E-state index contributed by atoms with van der Waals surface area (Å²) in [6.45, 7) is 0. The molecule has 6 heteroatoms. The smallest absolute Gasteiger partial charge is 0.284 e. The van der Waals surface area contributed by atoms with E-state index in [4.69, 9.17) is 10.4 Å². The van der Waals surface area contributed by atoms with Crippen LogP contribution in [0.25, 0.3) is 0 Å². The molecule has 0 aromatic carbocycles. The largest absolute Gasteiger partial charge is 0.505 e. The molecule has 1 aromatic rings. The second-order valence-electron chi connectivity index (χ2n) is 2.45. The van der Waals surface area contributed by atoms with Crippen molar-refractivity contribution in [3.63, 3.8) is 0 Å². The van der Waals surface area contributed by atoms with Gasteiger partial charge in [0.25, 0.3) is 6.43 Å². The van der Waals surface area contributed by atoms with Crippen LogP contribution in [0.5, 0.6) is 5.75 Å². The molecular formula is C8H5F3N2O. The topological polar surface area (TPSA) is 56.9 Å². The maximum atomic E-state index is 12.9. The number of aromatic hydroxyl groups is 1. The number of alkyl halides is 2. The first-order chi connectivity index (χ1) is 6.57. The summed E-state index contributed by atoms with van der Waals surface area (Å²) in [5, 5.41) is 17.4. The SMILES string of the molecule is N#CCc1c(F)cnc(C(F)F)c1O. The van der Waals surface area contributed by atoms with E-state index in [9.17, 15) is 13.2 Å². The molecule has 0 bridgehead atoms. The van der Waals surface area contributed by atoms with Crippen LogP contribution in [0.15, 0.2) is 6.20 Å². The fourth-order valence-corrected chi connectivity index (χ4v) is 0.940. The van der Waals surface area contributed by atoms with E-state index in [0.29, 0.717) is 6.20 Å². The van der Waals surface area contributed by atoms with E-state index in [0.717, 1.165) is 0 Å². The van der Waals surface area contributed by atoms with Crippen molar-refractivity contribution in [2.45, 2.75) is 12.8 Å². The molecule has 0 fully saturated rings. The van der Waals surface area contributed by atoms with Crippen LogP contribution in [0.1, 0.15) is 17.7 Å². The van der Waals surface area contributed by atoms with E-state index in [1.54, 1.807) is 6.07 Å². The number of pyridine rings is 1. The molecule has 0 amide bonds. The van der Waals surface area contributed by atoms with Gasteiger partial charge in [-0.15, -0.1) is 0 Å². The predicted octanol–water partition coefficient (Wildman–Crippen LogP) is 1.93. The van der Waals surface area contributed by atoms with Gasteiger partial charge in [-0.1, -0.05) is 0 Å². The van der Waals surface area contributed by atoms with Crippen molar-refractivity contribution < 1.29 is 18.3 Å². The Bertz CT molecular complexity index is 387. The lowest BCUT2D eigenvalue weighted by molar-refractivity contribution is 0.141. The number of halogens is 3. The van der Waals surface area contributed by atoms with Crippen LogP contribution in [0, 0.1) is 17.1 Å². The third-order valence-corrected chi connectivity index (χ3v) is 1.60. The molecule has 1 rings (SSSR count). The van der Waals surface area contributed by atoms with Crippen molar-refractivity contribution in [1.82, 2.24) is 4.98 Å². The van der Waals surface area contributed by atoms with E-state index in [2.05, 4.69) is 4.98 Å². The zero-order valence-electron chi connectivity index (χ0n) is 6.84. The number of nitriles is 1. The lowest BCUT2D eigenvalue weighted by Gasteiger charge is -2.06. The second kappa shape index (κ2) is 3.96. The van der Waals surface area contributed by atoms with Crippen molar-refractivity contribution >= 4 is 0 Å². The van der Waals surface area contributed by atoms with Crippen LogP contribution in [-0.2, 0) is 6.42 Å². The van der Waals surface area contributed by atoms with Crippen molar-refractivity contribution in [2.75, 3.05) is 0 Å². The van der Waals surface area contributed by atoms with Crippen LogP contribution in [-0.4, -0.2) is 10.1 Å². The standard InChI is InChI=1S/C8H5F3N2O/c9-5-3-13-6(8(10)11)7(14)4(5)1-2-12/h3,8,14H,1H2. The summed E-state index contributed by atoms with van der Waals surface area (Å²) in [6.07, 6.45) is -2.90. The summed E-state index contributed by atoms with van der Waals surface area (Å²) in [4.78, 5) is 3.04. The van der Waals surface area contributed by atoms with Crippen LogP contribution < -0.4 is 0 Å². The van der Waals surface area contributed by atoms with Crippen molar-refractivity contribution in [1.29, 1.82) is 5.26 Å². The number of hydrogen-bond donors (Lipinski definition) is 1. The number of aromatic nitrogens is 1. The first-order valence-corrected chi connectivity index (χ1v) is 3.59. The van der Waals surface area contributed by atoms with Crippen molar-refractivity contribution in [3.8, 4) is 11.8 Å². The lowest BCUT2D eigenvalue weighted by atomic mass is 10.1. The Morgan fingerprint density at radius 2 is 2.21 bits per heavy atom. The molecule has 1 heterocycles. The van der Waals surface area contributed by atoms with Crippen LogP contribution in [0.4, 0.5) is 13.2 Å².